The molecule has 3 N–H and O–H groups in total. The van der Waals surface area contributed by atoms with Crippen molar-refractivity contribution < 1.29 is 17.6 Å². The van der Waals surface area contributed by atoms with Crippen LogP contribution in [0.25, 0.3) is 0 Å². The minimum Gasteiger partial charge on any atom is -0.298 e. The molecule has 1 amide bonds. The number of carbonyl (C=O) groups is 1. The number of anilines is 1. The molecule has 2 aromatic carbocycles. The summed E-state index contributed by atoms with van der Waals surface area (Å²) in [5.74, 6) is -0.974. The maximum absolute atomic E-state index is 13.3. The molecule has 0 aliphatic heterocycles. The molecule has 8 heteroatoms. The molecule has 1 aliphatic carbocycles. The zero-order chi connectivity index (χ0) is 18.0. The van der Waals surface area contributed by atoms with Crippen molar-refractivity contribution in [3.63, 3.8) is 0 Å². The first-order valence-corrected chi connectivity index (χ1v) is 9.28. The number of sulfonamides is 1. The largest absolute Gasteiger partial charge is 0.298 e. The Morgan fingerprint density at radius 1 is 1.12 bits per heavy atom. The van der Waals surface area contributed by atoms with E-state index in [2.05, 4.69) is 15.6 Å². The summed E-state index contributed by atoms with van der Waals surface area (Å²) in [5.41, 5.74) is 6.52. The van der Waals surface area contributed by atoms with Crippen LogP contribution in [0.15, 0.2) is 47.4 Å². The molecule has 132 valence electrons. The van der Waals surface area contributed by atoms with Gasteiger partial charge < -0.3 is 0 Å². The van der Waals surface area contributed by atoms with Crippen LogP contribution in [0.1, 0.15) is 28.8 Å². The molecular weight excluding hydrogens is 345 g/mol. The highest BCUT2D eigenvalue weighted by atomic mass is 32.2. The highest BCUT2D eigenvalue weighted by Crippen LogP contribution is 2.22. The molecule has 1 saturated carbocycles. The maximum Gasteiger partial charge on any atom is 0.269 e. The zero-order valence-corrected chi connectivity index (χ0v) is 14.4. The lowest BCUT2D eigenvalue weighted by Gasteiger charge is -2.11. The quantitative estimate of drug-likeness (QED) is 0.688. The van der Waals surface area contributed by atoms with Gasteiger partial charge in [-0.2, -0.15) is 0 Å². The van der Waals surface area contributed by atoms with Gasteiger partial charge in [0.2, 0.25) is 10.0 Å². The lowest BCUT2D eigenvalue weighted by atomic mass is 10.1. The molecule has 0 aromatic heterocycles. The van der Waals surface area contributed by atoms with E-state index in [4.69, 9.17) is 0 Å². The summed E-state index contributed by atoms with van der Waals surface area (Å²) >= 11 is 0. The van der Waals surface area contributed by atoms with E-state index in [1.165, 1.54) is 24.3 Å². The monoisotopic (exact) mass is 363 g/mol. The number of amides is 1. The van der Waals surface area contributed by atoms with Gasteiger partial charge in [0.05, 0.1) is 10.6 Å². The number of nitrogens with one attached hydrogen (secondary N) is 3. The molecule has 0 spiro atoms. The predicted octanol–water partition coefficient (Wildman–Crippen LogP) is 2.33. The fourth-order valence-electron chi connectivity index (χ4n) is 2.24. The number of carbonyl (C=O) groups excluding carboxylic acids is 1. The van der Waals surface area contributed by atoms with E-state index < -0.39 is 21.7 Å². The Kier molecular flexibility index (Phi) is 4.73. The Labute approximate surface area is 145 Å². The third kappa shape index (κ3) is 4.34. The van der Waals surface area contributed by atoms with Crippen molar-refractivity contribution in [1.82, 2.24) is 10.1 Å². The smallest absolute Gasteiger partial charge is 0.269 e. The second kappa shape index (κ2) is 6.81. The van der Waals surface area contributed by atoms with Crippen molar-refractivity contribution in [1.29, 1.82) is 0 Å². The molecule has 1 fully saturated rings. The minimum absolute atomic E-state index is 0.0385. The molecule has 0 atom stereocenters. The first-order chi connectivity index (χ1) is 11.8. The van der Waals surface area contributed by atoms with E-state index in [1.807, 2.05) is 0 Å². The van der Waals surface area contributed by atoms with Crippen LogP contribution in [0.5, 0.6) is 0 Å². The Bertz CT molecular complexity index is 894. The molecule has 1 aliphatic rings. The summed E-state index contributed by atoms with van der Waals surface area (Å²) in [6.45, 7) is 1.71. The third-order valence-corrected chi connectivity index (χ3v) is 5.36. The lowest BCUT2D eigenvalue weighted by Crippen LogP contribution is -2.30. The fourth-order valence-corrected chi connectivity index (χ4v) is 3.55. The van der Waals surface area contributed by atoms with Gasteiger partial charge in [0, 0.05) is 11.6 Å². The lowest BCUT2D eigenvalue weighted by molar-refractivity contribution is 0.0961. The van der Waals surface area contributed by atoms with E-state index in [9.17, 15) is 17.6 Å². The topological polar surface area (TPSA) is 87.3 Å². The summed E-state index contributed by atoms with van der Waals surface area (Å²) in [7, 11) is -3.51. The standard InChI is InChI=1S/C17H18FN3O3S/c1-11-2-3-12(18)10-16(11)17(22)20-19-13-6-8-15(9-7-13)25(23,24)21-14-4-5-14/h2-3,6-10,14,19,21H,4-5H2,1H3,(H,20,22). The van der Waals surface area contributed by atoms with E-state index in [-0.39, 0.29) is 16.5 Å². The SMILES string of the molecule is Cc1ccc(F)cc1C(=O)NNc1ccc(S(=O)(=O)NC2CC2)cc1. The number of hydrazine groups is 1. The molecule has 0 bridgehead atoms. The van der Waals surface area contributed by atoms with Crippen LogP contribution < -0.4 is 15.6 Å². The third-order valence-electron chi connectivity index (χ3n) is 3.83. The fraction of sp³-hybridized carbons (Fsp3) is 0.235. The Hall–Kier alpha value is -2.45. The molecule has 0 heterocycles. The van der Waals surface area contributed by atoms with Crippen LogP contribution in [-0.4, -0.2) is 20.4 Å². The molecule has 6 nitrogen and oxygen atoms in total. The highest BCUT2D eigenvalue weighted by Gasteiger charge is 2.27. The van der Waals surface area contributed by atoms with Crippen molar-refractivity contribution in [3.05, 3.63) is 59.4 Å². The van der Waals surface area contributed by atoms with E-state index >= 15 is 0 Å². The second-order valence-electron chi connectivity index (χ2n) is 5.96. The van der Waals surface area contributed by atoms with Gasteiger partial charge in [-0.25, -0.2) is 17.5 Å². The number of hydrogen-bond donors (Lipinski definition) is 3. The zero-order valence-electron chi connectivity index (χ0n) is 13.5. The first-order valence-electron chi connectivity index (χ1n) is 7.80. The van der Waals surface area contributed by atoms with E-state index in [0.29, 0.717) is 11.3 Å². The maximum atomic E-state index is 13.3. The van der Waals surface area contributed by atoms with Gasteiger partial charge in [-0.05, 0) is 61.7 Å². The molecule has 3 rings (SSSR count). The van der Waals surface area contributed by atoms with Gasteiger partial charge in [-0.3, -0.25) is 15.6 Å². The van der Waals surface area contributed by atoms with E-state index in [0.717, 1.165) is 18.9 Å². The van der Waals surface area contributed by atoms with E-state index in [1.54, 1.807) is 19.1 Å². The van der Waals surface area contributed by atoms with Crippen molar-refractivity contribution >= 4 is 21.6 Å². The van der Waals surface area contributed by atoms with Gasteiger partial charge in [0.25, 0.3) is 5.91 Å². The molecule has 2 aromatic rings. The first kappa shape index (κ1) is 17.4. The molecule has 0 saturated heterocycles. The van der Waals surface area contributed by atoms with Gasteiger partial charge in [-0.15, -0.1) is 0 Å². The van der Waals surface area contributed by atoms with Crippen molar-refractivity contribution in [2.75, 3.05) is 5.43 Å². The highest BCUT2D eigenvalue weighted by molar-refractivity contribution is 7.89. The van der Waals surface area contributed by atoms with Gasteiger partial charge >= 0.3 is 0 Å². The normalized spacial score (nSPS) is 14.2. The number of hydrogen-bond acceptors (Lipinski definition) is 4. The van der Waals surface area contributed by atoms with Gasteiger partial charge in [0.1, 0.15) is 5.82 Å². The molecule has 0 unspecified atom stereocenters. The van der Waals surface area contributed by atoms with Crippen molar-refractivity contribution in [2.24, 2.45) is 0 Å². The minimum atomic E-state index is -3.51. The Morgan fingerprint density at radius 2 is 1.80 bits per heavy atom. The van der Waals surface area contributed by atoms with Crippen LogP contribution in [0.2, 0.25) is 0 Å². The number of halogens is 1. The van der Waals surface area contributed by atoms with Gasteiger partial charge in [-0.1, -0.05) is 6.07 Å². The summed E-state index contributed by atoms with van der Waals surface area (Å²) < 4.78 is 40.0. The number of benzene rings is 2. The molecular formula is C17H18FN3O3S. The van der Waals surface area contributed by atoms with Crippen LogP contribution in [0, 0.1) is 12.7 Å². The summed E-state index contributed by atoms with van der Waals surface area (Å²) in [5, 5.41) is 0. The van der Waals surface area contributed by atoms with Crippen LogP contribution in [0.4, 0.5) is 10.1 Å². The number of aryl methyl sites for hydroxylation is 1. The Balaban J connectivity index is 1.63. The predicted molar refractivity (Wildman–Crippen MR) is 92.0 cm³/mol. The average Bonchev–Trinajstić information content (AvgIpc) is 3.38. The average molecular weight is 363 g/mol. The molecule has 25 heavy (non-hydrogen) atoms. The second-order valence-corrected chi connectivity index (χ2v) is 7.67. The van der Waals surface area contributed by atoms with Crippen LogP contribution in [0.3, 0.4) is 0 Å². The molecule has 0 radical (unpaired) electrons. The van der Waals surface area contributed by atoms with Gasteiger partial charge in [0.15, 0.2) is 0 Å². The van der Waals surface area contributed by atoms with Crippen LogP contribution >= 0.6 is 0 Å². The summed E-state index contributed by atoms with van der Waals surface area (Å²) in [4.78, 5) is 12.3. The summed E-state index contributed by atoms with van der Waals surface area (Å²) in [6.07, 6.45) is 1.73. The van der Waals surface area contributed by atoms with Crippen LogP contribution in [-0.2, 0) is 10.0 Å². The van der Waals surface area contributed by atoms with Crippen molar-refractivity contribution in [2.45, 2.75) is 30.7 Å². The number of rotatable bonds is 6. The Morgan fingerprint density at radius 3 is 2.44 bits per heavy atom. The summed E-state index contributed by atoms with van der Waals surface area (Å²) in [6, 6.07) is 9.99. The van der Waals surface area contributed by atoms with Crippen molar-refractivity contribution in [3.8, 4) is 0 Å².